The fourth-order valence-electron chi connectivity index (χ4n) is 1.27. The molecule has 88 valence electrons. The van der Waals surface area contributed by atoms with Crippen molar-refractivity contribution in [1.82, 2.24) is 4.98 Å². The topological polar surface area (TPSA) is 79.7 Å². The van der Waals surface area contributed by atoms with Crippen molar-refractivity contribution < 1.29 is 19.7 Å². The number of aromatic hydroxyl groups is 1. The standard InChI is InChI=1S/C11H9NO4S/c13-8-3-1-2-4-9(8)16-5-7-10(11(14)15)17-6-12-7/h1-4,6,13H,5H2,(H,14,15). The minimum Gasteiger partial charge on any atom is -0.504 e. The second-order valence-electron chi connectivity index (χ2n) is 3.19. The summed E-state index contributed by atoms with van der Waals surface area (Å²) in [5.74, 6) is -0.708. The number of carboxylic acids is 1. The number of aromatic nitrogens is 1. The van der Waals surface area contributed by atoms with Crippen LogP contribution < -0.4 is 4.74 Å². The molecule has 0 aliphatic carbocycles. The Hall–Kier alpha value is -2.08. The molecular weight excluding hydrogens is 242 g/mol. The summed E-state index contributed by atoms with van der Waals surface area (Å²) in [7, 11) is 0. The maximum atomic E-state index is 10.8. The summed E-state index contributed by atoms with van der Waals surface area (Å²) in [5, 5.41) is 18.3. The Bertz CT molecular complexity index is 538. The van der Waals surface area contributed by atoms with Gasteiger partial charge in [0.1, 0.15) is 17.2 Å². The van der Waals surface area contributed by atoms with Crippen molar-refractivity contribution in [3.8, 4) is 11.5 Å². The number of thiazole rings is 1. The average Bonchev–Trinajstić information content (AvgIpc) is 2.76. The van der Waals surface area contributed by atoms with Crippen LogP contribution >= 0.6 is 11.3 Å². The zero-order valence-corrected chi connectivity index (χ0v) is 9.48. The highest BCUT2D eigenvalue weighted by Crippen LogP contribution is 2.25. The molecule has 2 N–H and O–H groups in total. The second-order valence-corrected chi connectivity index (χ2v) is 4.04. The molecule has 0 unspecified atom stereocenters. The van der Waals surface area contributed by atoms with Gasteiger partial charge in [0, 0.05) is 0 Å². The van der Waals surface area contributed by atoms with Gasteiger partial charge in [-0.2, -0.15) is 0 Å². The van der Waals surface area contributed by atoms with Gasteiger partial charge in [0.15, 0.2) is 11.5 Å². The zero-order valence-electron chi connectivity index (χ0n) is 8.66. The molecule has 2 aromatic rings. The summed E-state index contributed by atoms with van der Waals surface area (Å²) in [4.78, 5) is 14.9. The normalized spacial score (nSPS) is 10.1. The third kappa shape index (κ3) is 2.54. The van der Waals surface area contributed by atoms with Crippen LogP contribution in [-0.2, 0) is 6.61 Å². The lowest BCUT2D eigenvalue weighted by molar-refractivity contribution is 0.0699. The Labute approximate surface area is 101 Å². The van der Waals surface area contributed by atoms with Gasteiger partial charge in [0.25, 0.3) is 0 Å². The van der Waals surface area contributed by atoms with Crippen molar-refractivity contribution >= 4 is 17.3 Å². The van der Waals surface area contributed by atoms with E-state index in [9.17, 15) is 9.90 Å². The summed E-state index contributed by atoms with van der Waals surface area (Å²) < 4.78 is 5.30. The summed E-state index contributed by atoms with van der Waals surface area (Å²) in [6.07, 6.45) is 0. The van der Waals surface area contributed by atoms with Crippen molar-refractivity contribution in [2.24, 2.45) is 0 Å². The lowest BCUT2D eigenvalue weighted by Gasteiger charge is -2.06. The Morgan fingerprint density at radius 1 is 1.41 bits per heavy atom. The van der Waals surface area contributed by atoms with E-state index < -0.39 is 5.97 Å². The van der Waals surface area contributed by atoms with Crippen LogP contribution in [0.15, 0.2) is 29.8 Å². The first kappa shape index (κ1) is 11.4. The highest BCUT2D eigenvalue weighted by Gasteiger charge is 2.14. The summed E-state index contributed by atoms with van der Waals surface area (Å²) in [5.41, 5.74) is 1.80. The molecule has 1 aromatic carbocycles. The molecule has 0 fully saturated rings. The number of phenolic OH excluding ortho intramolecular Hbond substituents is 1. The van der Waals surface area contributed by atoms with Crippen molar-refractivity contribution in [3.05, 3.63) is 40.3 Å². The van der Waals surface area contributed by atoms with Gasteiger partial charge in [-0.25, -0.2) is 9.78 Å². The second kappa shape index (κ2) is 4.84. The highest BCUT2D eigenvalue weighted by molar-refractivity contribution is 7.11. The fraction of sp³-hybridized carbons (Fsp3) is 0.0909. The van der Waals surface area contributed by atoms with Gasteiger partial charge in [0.2, 0.25) is 0 Å². The van der Waals surface area contributed by atoms with E-state index in [1.165, 1.54) is 11.6 Å². The Morgan fingerprint density at radius 2 is 2.18 bits per heavy atom. The monoisotopic (exact) mass is 251 g/mol. The van der Waals surface area contributed by atoms with E-state index in [-0.39, 0.29) is 17.2 Å². The first-order chi connectivity index (χ1) is 8.18. The number of hydrogen-bond acceptors (Lipinski definition) is 5. The number of phenols is 1. The number of rotatable bonds is 4. The molecule has 0 radical (unpaired) electrons. The summed E-state index contributed by atoms with van der Waals surface area (Å²) in [6.45, 7) is 0.0166. The first-order valence-electron chi connectivity index (χ1n) is 4.75. The number of carbonyl (C=O) groups is 1. The lowest BCUT2D eigenvalue weighted by atomic mass is 10.3. The highest BCUT2D eigenvalue weighted by atomic mass is 32.1. The van der Waals surface area contributed by atoms with Gasteiger partial charge in [-0.05, 0) is 12.1 Å². The molecule has 0 saturated carbocycles. The van der Waals surface area contributed by atoms with E-state index in [0.717, 1.165) is 11.3 Å². The molecule has 0 spiro atoms. The Morgan fingerprint density at radius 3 is 2.88 bits per heavy atom. The maximum Gasteiger partial charge on any atom is 0.347 e. The smallest absolute Gasteiger partial charge is 0.347 e. The first-order valence-corrected chi connectivity index (χ1v) is 5.63. The number of carboxylic acid groups (broad SMARTS) is 1. The molecule has 6 heteroatoms. The molecule has 2 rings (SSSR count). The van der Waals surface area contributed by atoms with E-state index in [2.05, 4.69) is 4.98 Å². The fourth-order valence-corrected chi connectivity index (χ4v) is 1.91. The molecule has 0 atom stereocenters. The molecule has 0 amide bonds. The van der Waals surface area contributed by atoms with Crippen molar-refractivity contribution in [2.75, 3.05) is 0 Å². The van der Waals surface area contributed by atoms with E-state index in [0.29, 0.717) is 11.4 Å². The van der Waals surface area contributed by atoms with Gasteiger partial charge in [-0.15, -0.1) is 11.3 Å². The van der Waals surface area contributed by atoms with Gasteiger partial charge in [0.05, 0.1) is 5.51 Å². The van der Waals surface area contributed by atoms with Gasteiger partial charge < -0.3 is 14.9 Å². The van der Waals surface area contributed by atoms with E-state index in [1.54, 1.807) is 18.2 Å². The van der Waals surface area contributed by atoms with E-state index in [4.69, 9.17) is 9.84 Å². The SMILES string of the molecule is O=C(O)c1scnc1COc1ccccc1O. The van der Waals surface area contributed by atoms with Crippen molar-refractivity contribution in [2.45, 2.75) is 6.61 Å². The predicted molar refractivity (Wildman–Crippen MR) is 61.5 cm³/mol. The quantitative estimate of drug-likeness (QED) is 0.870. The number of ether oxygens (including phenoxy) is 1. The lowest BCUT2D eigenvalue weighted by Crippen LogP contribution is -2.03. The zero-order chi connectivity index (χ0) is 12.3. The molecule has 0 bridgehead atoms. The number of nitrogens with zero attached hydrogens (tertiary/aromatic N) is 1. The minimum atomic E-state index is -1.02. The number of benzene rings is 1. The van der Waals surface area contributed by atoms with Crippen LogP contribution in [0.4, 0.5) is 0 Å². The maximum absolute atomic E-state index is 10.8. The Balaban J connectivity index is 2.10. The van der Waals surface area contributed by atoms with Crippen LogP contribution in [0.1, 0.15) is 15.4 Å². The van der Waals surface area contributed by atoms with Crippen LogP contribution in [-0.4, -0.2) is 21.2 Å². The van der Waals surface area contributed by atoms with Gasteiger partial charge >= 0.3 is 5.97 Å². The van der Waals surface area contributed by atoms with Crippen LogP contribution in [0.25, 0.3) is 0 Å². The van der Waals surface area contributed by atoms with Crippen LogP contribution in [0, 0.1) is 0 Å². The molecule has 5 nitrogen and oxygen atoms in total. The van der Waals surface area contributed by atoms with E-state index >= 15 is 0 Å². The third-order valence-corrected chi connectivity index (χ3v) is 2.92. The minimum absolute atomic E-state index is 0.0135. The molecule has 0 aliphatic rings. The van der Waals surface area contributed by atoms with Crippen molar-refractivity contribution in [3.63, 3.8) is 0 Å². The largest absolute Gasteiger partial charge is 0.504 e. The van der Waals surface area contributed by atoms with Crippen LogP contribution in [0.3, 0.4) is 0 Å². The van der Waals surface area contributed by atoms with Crippen molar-refractivity contribution in [1.29, 1.82) is 0 Å². The van der Waals surface area contributed by atoms with E-state index in [1.807, 2.05) is 0 Å². The molecule has 1 heterocycles. The molecule has 1 aromatic heterocycles. The predicted octanol–water partition coefficient (Wildman–Crippen LogP) is 2.13. The summed E-state index contributed by atoms with van der Waals surface area (Å²) in [6, 6.07) is 6.48. The number of hydrogen-bond donors (Lipinski definition) is 2. The average molecular weight is 251 g/mol. The molecule has 17 heavy (non-hydrogen) atoms. The Kier molecular flexibility index (Phi) is 3.24. The van der Waals surface area contributed by atoms with Crippen LogP contribution in [0.5, 0.6) is 11.5 Å². The third-order valence-electron chi connectivity index (χ3n) is 2.07. The van der Waals surface area contributed by atoms with Gasteiger partial charge in [-0.3, -0.25) is 0 Å². The number of para-hydroxylation sites is 2. The summed E-state index contributed by atoms with van der Waals surface area (Å²) >= 11 is 1.04. The molecular formula is C11H9NO4S. The van der Waals surface area contributed by atoms with Gasteiger partial charge in [-0.1, -0.05) is 12.1 Å². The molecule has 0 saturated heterocycles. The number of aromatic carboxylic acids is 1. The molecule has 0 aliphatic heterocycles. The van der Waals surface area contributed by atoms with Crippen LogP contribution in [0.2, 0.25) is 0 Å².